The second kappa shape index (κ2) is 7.44. The third kappa shape index (κ3) is 3.67. The lowest BCUT2D eigenvalue weighted by molar-refractivity contribution is 0.0464. The summed E-state index contributed by atoms with van der Waals surface area (Å²) in [5, 5.41) is 4.25. The molecular weight excluding hydrogens is 326 g/mol. The van der Waals surface area contributed by atoms with E-state index in [2.05, 4.69) is 15.3 Å². The molecule has 6 nitrogen and oxygen atoms in total. The number of nitrogens with zero attached hydrogens (tertiary/aromatic N) is 2. The molecule has 1 atom stereocenters. The van der Waals surface area contributed by atoms with Crippen molar-refractivity contribution >= 4 is 33.3 Å². The predicted octanol–water partition coefficient (Wildman–Crippen LogP) is 3.40. The van der Waals surface area contributed by atoms with Crippen LogP contribution in [0, 0.1) is 12.8 Å². The van der Waals surface area contributed by atoms with Crippen molar-refractivity contribution in [2.75, 3.05) is 25.1 Å². The van der Waals surface area contributed by atoms with Crippen LogP contribution in [0.2, 0.25) is 0 Å². The zero-order valence-electron chi connectivity index (χ0n) is 14.3. The number of hydrogen-bond donors (Lipinski definition) is 1. The number of rotatable bonds is 6. The van der Waals surface area contributed by atoms with Gasteiger partial charge in [0.2, 0.25) is 0 Å². The first-order valence-corrected chi connectivity index (χ1v) is 9.14. The molecular formula is C17H23N3O3S. The van der Waals surface area contributed by atoms with Crippen LogP contribution in [0.1, 0.15) is 41.9 Å². The average molecular weight is 349 g/mol. The molecule has 3 heterocycles. The lowest BCUT2D eigenvalue weighted by atomic mass is 10.2. The van der Waals surface area contributed by atoms with Crippen molar-refractivity contribution < 1.29 is 14.3 Å². The van der Waals surface area contributed by atoms with Crippen molar-refractivity contribution in [3.8, 4) is 0 Å². The molecule has 0 amide bonds. The third-order valence-electron chi connectivity index (χ3n) is 3.98. The molecule has 1 unspecified atom stereocenters. The number of anilines is 1. The number of hydrogen-bond acceptors (Lipinski definition) is 7. The monoisotopic (exact) mass is 349 g/mol. The lowest BCUT2D eigenvalue weighted by Gasteiger charge is -2.12. The molecule has 1 N–H and O–H groups in total. The van der Waals surface area contributed by atoms with E-state index in [1.54, 1.807) is 0 Å². The molecule has 0 saturated carbocycles. The number of fused-ring (bicyclic) bond motifs is 1. The van der Waals surface area contributed by atoms with Crippen molar-refractivity contribution in [2.45, 2.75) is 39.7 Å². The molecule has 2 aromatic rings. The first-order valence-electron chi connectivity index (χ1n) is 8.33. The molecule has 1 aliphatic rings. The molecule has 7 heteroatoms. The molecule has 0 aromatic carbocycles. The highest BCUT2D eigenvalue weighted by Gasteiger charge is 2.21. The largest absolute Gasteiger partial charge is 0.461 e. The molecule has 0 spiro atoms. The van der Waals surface area contributed by atoms with Gasteiger partial charge in [0.1, 0.15) is 21.9 Å². The summed E-state index contributed by atoms with van der Waals surface area (Å²) >= 11 is 1.36. The summed E-state index contributed by atoms with van der Waals surface area (Å²) in [6.45, 7) is 7.92. The summed E-state index contributed by atoms with van der Waals surface area (Å²) in [6, 6.07) is 0. The molecule has 0 aliphatic carbocycles. The van der Waals surface area contributed by atoms with Crippen LogP contribution >= 0.6 is 11.3 Å². The van der Waals surface area contributed by atoms with Gasteiger partial charge in [-0.15, -0.1) is 11.3 Å². The molecule has 3 rings (SSSR count). The SMILES string of the molecule is Cc1c(C(=O)OCC(C)C)sc2ncnc(NCC3CCCO3)c12. The average Bonchev–Trinajstić information content (AvgIpc) is 3.19. The van der Waals surface area contributed by atoms with Crippen LogP contribution in [0.5, 0.6) is 0 Å². The first kappa shape index (κ1) is 17.1. The quantitative estimate of drug-likeness (QED) is 0.806. The molecule has 1 saturated heterocycles. The van der Waals surface area contributed by atoms with Crippen molar-refractivity contribution in [1.29, 1.82) is 0 Å². The number of nitrogens with one attached hydrogen (secondary N) is 1. The van der Waals surface area contributed by atoms with Crippen LogP contribution in [-0.2, 0) is 9.47 Å². The Bertz CT molecular complexity index is 723. The number of ether oxygens (including phenoxy) is 2. The van der Waals surface area contributed by atoms with Crippen LogP contribution in [0.25, 0.3) is 10.2 Å². The molecule has 130 valence electrons. The Morgan fingerprint density at radius 3 is 3.04 bits per heavy atom. The summed E-state index contributed by atoms with van der Waals surface area (Å²) < 4.78 is 11.0. The fourth-order valence-corrected chi connectivity index (χ4v) is 3.77. The highest BCUT2D eigenvalue weighted by atomic mass is 32.1. The lowest BCUT2D eigenvalue weighted by Crippen LogP contribution is -2.19. The second-order valence-corrected chi connectivity index (χ2v) is 7.47. The van der Waals surface area contributed by atoms with Gasteiger partial charge in [-0.3, -0.25) is 0 Å². The minimum absolute atomic E-state index is 0.226. The van der Waals surface area contributed by atoms with E-state index in [1.165, 1.54) is 17.7 Å². The minimum atomic E-state index is -0.283. The van der Waals surface area contributed by atoms with Gasteiger partial charge >= 0.3 is 5.97 Å². The Morgan fingerprint density at radius 2 is 2.33 bits per heavy atom. The van der Waals surface area contributed by atoms with E-state index in [9.17, 15) is 4.79 Å². The van der Waals surface area contributed by atoms with Gasteiger partial charge < -0.3 is 14.8 Å². The van der Waals surface area contributed by atoms with Crippen LogP contribution in [0.4, 0.5) is 5.82 Å². The predicted molar refractivity (Wildman–Crippen MR) is 94.7 cm³/mol. The maximum atomic E-state index is 12.3. The van der Waals surface area contributed by atoms with E-state index in [0.29, 0.717) is 23.9 Å². The Morgan fingerprint density at radius 1 is 1.50 bits per heavy atom. The standard InChI is InChI=1S/C17H23N3O3S/c1-10(2)8-23-17(21)14-11(3)13-15(19-9-20-16(13)24-14)18-7-12-5-4-6-22-12/h9-10,12H,4-8H2,1-3H3,(H,18,19,20). The molecule has 2 aromatic heterocycles. The Hall–Kier alpha value is -1.73. The van der Waals surface area contributed by atoms with Crippen molar-refractivity contribution in [2.24, 2.45) is 5.92 Å². The van der Waals surface area contributed by atoms with Crippen LogP contribution < -0.4 is 5.32 Å². The summed E-state index contributed by atoms with van der Waals surface area (Å²) in [4.78, 5) is 22.4. The van der Waals surface area contributed by atoms with E-state index < -0.39 is 0 Å². The maximum absolute atomic E-state index is 12.3. The van der Waals surface area contributed by atoms with E-state index in [0.717, 1.165) is 41.0 Å². The number of carbonyl (C=O) groups excluding carboxylic acids is 1. The fourth-order valence-electron chi connectivity index (χ4n) is 2.72. The Balaban J connectivity index is 1.81. The zero-order chi connectivity index (χ0) is 17.1. The molecule has 0 radical (unpaired) electrons. The molecule has 24 heavy (non-hydrogen) atoms. The van der Waals surface area contributed by atoms with Gasteiger partial charge in [0, 0.05) is 13.2 Å². The third-order valence-corrected chi connectivity index (χ3v) is 5.16. The van der Waals surface area contributed by atoms with Crippen LogP contribution in [0.15, 0.2) is 6.33 Å². The van der Waals surface area contributed by atoms with Crippen molar-refractivity contribution in [1.82, 2.24) is 9.97 Å². The van der Waals surface area contributed by atoms with Crippen LogP contribution in [0.3, 0.4) is 0 Å². The van der Waals surface area contributed by atoms with Crippen molar-refractivity contribution in [3.05, 3.63) is 16.8 Å². The second-order valence-electron chi connectivity index (χ2n) is 6.47. The molecule has 1 aliphatic heterocycles. The molecule has 0 bridgehead atoms. The Kier molecular flexibility index (Phi) is 5.30. The van der Waals surface area contributed by atoms with Gasteiger partial charge in [-0.25, -0.2) is 14.8 Å². The summed E-state index contributed by atoms with van der Waals surface area (Å²) in [5.41, 5.74) is 0.874. The minimum Gasteiger partial charge on any atom is -0.461 e. The summed E-state index contributed by atoms with van der Waals surface area (Å²) in [7, 11) is 0. The Labute approximate surface area is 145 Å². The van der Waals surface area contributed by atoms with E-state index >= 15 is 0 Å². The maximum Gasteiger partial charge on any atom is 0.348 e. The normalized spacial score (nSPS) is 17.6. The highest BCUT2D eigenvalue weighted by Crippen LogP contribution is 2.33. The van der Waals surface area contributed by atoms with Crippen molar-refractivity contribution in [3.63, 3.8) is 0 Å². The van der Waals surface area contributed by atoms with Gasteiger partial charge in [-0.2, -0.15) is 0 Å². The summed E-state index contributed by atoms with van der Waals surface area (Å²) in [5.74, 6) is 0.786. The molecule has 1 fully saturated rings. The van der Waals surface area contributed by atoms with Gasteiger partial charge in [-0.1, -0.05) is 13.8 Å². The van der Waals surface area contributed by atoms with Gasteiger partial charge in [0.25, 0.3) is 0 Å². The smallest absolute Gasteiger partial charge is 0.348 e. The number of aryl methyl sites for hydroxylation is 1. The number of aromatic nitrogens is 2. The topological polar surface area (TPSA) is 73.3 Å². The first-order chi connectivity index (χ1) is 11.6. The zero-order valence-corrected chi connectivity index (χ0v) is 15.1. The van der Waals surface area contributed by atoms with Gasteiger partial charge in [0.05, 0.1) is 18.1 Å². The van der Waals surface area contributed by atoms with E-state index in [-0.39, 0.29) is 12.1 Å². The van der Waals surface area contributed by atoms with E-state index in [4.69, 9.17) is 9.47 Å². The number of esters is 1. The number of carbonyl (C=O) groups is 1. The number of thiophene rings is 1. The fraction of sp³-hybridized carbons (Fsp3) is 0.588. The van der Waals surface area contributed by atoms with Crippen LogP contribution in [-0.4, -0.2) is 41.8 Å². The highest BCUT2D eigenvalue weighted by molar-refractivity contribution is 7.20. The van der Waals surface area contributed by atoms with E-state index in [1.807, 2.05) is 20.8 Å². The summed E-state index contributed by atoms with van der Waals surface area (Å²) in [6.07, 6.45) is 3.93. The van der Waals surface area contributed by atoms with Gasteiger partial charge in [0.15, 0.2) is 0 Å². The van der Waals surface area contributed by atoms with Gasteiger partial charge in [-0.05, 0) is 31.2 Å².